The SMILES string of the molecule is OC[C@H]1OC(OC[C@H]2OC(OC3(CO)O[C@H](CO)[C@@H](O)[C@@H]3O)[C@H](O)[C@@H](O)[C@@H]2O)[C@H](O)[C@@H](O)[C@H]1O. The molecule has 0 aliphatic carbocycles. The van der Waals surface area contributed by atoms with Gasteiger partial charge in [-0.15, -0.1) is 0 Å². The molecule has 0 aromatic rings. The van der Waals surface area contributed by atoms with Crippen molar-refractivity contribution in [2.45, 2.75) is 85.5 Å². The van der Waals surface area contributed by atoms with Gasteiger partial charge in [0.2, 0.25) is 5.79 Å². The van der Waals surface area contributed by atoms with Crippen molar-refractivity contribution in [3.8, 4) is 0 Å². The highest BCUT2D eigenvalue weighted by Gasteiger charge is 2.58. The van der Waals surface area contributed by atoms with E-state index in [1.807, 2.05) is 0 Å². The van der Waals surface area contributed by atoms with Crippen LogP contribution < -0.4 is 0 Å². The van der Waals surface area contributed by atoms with Crippen molar-refractivity contribution in [3.05, 3.63) is 0 Å². The van der Waals surface area contributed by atoms with Crippen LogP contribution in [0.5, 0.6) is 0 Å². The fourth-order valence-electron chi connectivity index (χ4n) is 4.01. The lowest BCUT2D eigenvalue weighted by Crippen LogP contribution is -2.63. The lowest BCUT2D eigenvalue weighted by Gasteiger charge is -2.44. The van der Waals surface area contributed by atoms with Crippen molar-refractivity contribution in [1.82, 2.24) is 0 Å². The van der Waals surface area contributed by atoms with Gasteiger partial charge in [-0.25, -0.2) is 0 Å². The molecule has 0 aromatic carbocycles. The van der Waals surface area contributed by atoms with Crippen LogP contribution in [0.2, 0.25) is 0 Å². The number of rotatable bonds is 8. The molecule has 34 heavy (non-hydrogen) atoms. The lowest BCUT2D eigenvalue weighted by molar-refractivity contribution is -0.388. The van der Waals surface area contributed by atoms with Gasteiger partial charge in [-0.05, 0) is 0 Å². The second-order valence-corrected chi connectivity index (χ2v) is 8.41. The van der Waals surface area contributed by atoms with Crippen LogP contribution in [0.25, 0.3) is 0 Å². The molecule has 14 atom stereocenters. The zero-order chi connectivity index (χ0) is 25.4. The van der Waals surface area contributed by atoms with Gasteiger partial charge in [-0.2, -0.15) is 0 Å². The molecule has 0 amide bonds. The fourth-order valence-corrected chi connectivity index (χ4v) is 4.01. The Morgan fingerprint density at radius 1 is 0.588 bits per heavy atom. The van der Waals surface area contributed by atoms with Gasteiger partial charge in [-0.3, -0.25) is 0 Å². The Morgan fingerprint density at radius 2 is 1.12 bits per heavy atom. The number of aliphatic hydroxyl groups is 11. The summed E-state index contributed by atoms with van der Waals surface area (Å²) >= 11 is 0. The van der Waals surface area contributed by atoms with Gasteiger partial charge in [0.15, 0.2) is 12.6 Å². The summed E-state index contributed by atoms with van der Waals surface area (Å²) in [5.74, 6) is -2.36. The molecule has 0 aromatic heterocycles. The minimum Gasteiger partial charge on any atom is -0.394 e. The zero-order valence-corrected chi connectivity index (χ0v) is 17.8. The molecule has 0 radical (unpaired) electrons. The minimum absolute atomic E-state index is 0.634. The van der Waals surface area contributed by atoms with Crippen molar-refractivity contribution >= 4 is 0 Å². The number of ether oxygens (including phenoxy) is 5. The minimum atomic E-state index is -2.36. The van der Waals surface area contributed by atoms with Gasteiger partial charge in [0.05, 0.1) is 19.8 Å². The molecule has 200 valence electrons. The molecule has 3 saturated heterocycles. The van der Waals surface area contributed by atoms with Gasteiger partial charge in [-0.1, -0.05) is 0 Å². The predicted molar refractivity (Wildman–Crippen MR) is 101 cm³/mol. The van der Waals surface area contributed by atoms with E-state index in [0.717, 1.165) is 0 Å². The maximum Gasteiger partial charge on any atom is 0.224 e. The highest BCUT2D eigenvalue weighted by molar-refractivity contribution is 4.98. The van der Waals surface area contributed by atoms with Gasteiger partial charge in [0, 0.05) is 0 Å². The molecule has 3 heterocycles. The molecule has 3 aliphatic rings. The Kier molecular flexibility index (Phi) is 9.18. The Morgan fingerprint density at radius 3 is 1.65 bits per heavy atom. The van der Waals surface area contributed by atoms with Gasteiger partial charge in [0.25, 0.3) is 0 Å². The maximum atomic E-state index is 10.3. The van der Waals surface area contributed by atoms with Gasteiger partial charge in [0.1, 0.15) is 73.8 Å². The molecule has 11 N–H and O–H groups in total. The van der Waals surface area contributed by atoms with E-state index in [2.05, 4.69) is 0 Å². The quantitative estimate of drug-likeness (QED) is 0.146. The normalized spacial score (nSPS) is 52.1. The highest BCUT2D eigenvalue weighted by atomic mass is 16.8. The number of hydrogen-bond acceptors (Lipinski definition) is 16. The Bertz CT molecular complexity index is 653. The Balaban J connectivity index is 1.69. The van der Waals surface area contributed by atoms with Crippen LogP contribution in [-0.4, -0.2) is 168 Å². The van der Waals surface area contributed by atoms with E-state index in [0.29, 0.717) is 0 Å². The highest BCUT2D eigenvalue weighted by Crippen LogP contribution is 2.36. The van der Waals surface area contributed by atoms with Crippen molar-refractivity contribution in [1.29, 1.82) is 0 Å². The van der Waals surface area contributed by atoms with Crippen LogP contribution in [0.1, 0.15) is 0 Å². The summed E-state index contributed by atoms with van der Waals surface area (Å²) in [6.07, 6.45) is -21.8. The second kappa shape index (κ2) is 11.2. The topological polar surface area (TPSA) is 269 Å². The van der Waals surface area contributed by atoms with Crippen LogP contribution in [0.3, 0.4) is 0 Å². The summed E-state index contributed by atoms with van der Waals surface area (Å²) in [4.78, 5) is 0. The molecular weight excluding hydrogens is 472 g/mol. The molecular formula is C18H32O16. The second-order valence-electron chi connectivity index (χ2n) is 8.41. The average molecular weight is 504 g/mol. The first-order chi connectivity index (χ1) is 16.0. The molecule has 16 heteroatoms. The lowest BCUT2D eigenvalue weighted by atomic mass is 9.98. The third-order valence-corrected chi connectivity index (χ3v) is 6.16. The Labute approximate surface area is 192 Å². The maximum absolute atomic E-state index is 10.3. The van der Waals surface area contributed by atoms with Crippen molar-refractivity contribution in [3.63, 3.8) is 0 Å². The van der Waals surface area contributed by atoms with Crippen LogP contribution in [0.15, 0.2) is 0 Å². The largest absolute Gasteiger partial charge is 0.394 e. The molecule has 3 rings (SSSR count). The van der Waals surface area contributed by atoms with Crippen LogP contribution in [-0.2, 0) is 23.7 Å². The summed E-state index contributed by atoms with van der Waals surface area (Å²) in [5, 5.41) is 109. The number of hydrogen-bond donors (Lipinski definition) is 11. The van der Waals surface area contributed by atoms with Crippen LogP contribution in [0.4, 0.5) is 0 Å². The van der Waals surface area contributed by atoms with Gasteiger partial charge < -0.3 is 79.9 Å². The predicted octanol–water partition coefficient (Wildman–Crippen LogP) is -7.57. The standard InChI is InChI=1S/C18H32O16/c19-1-5-8(22)11(25)13(27)16(31-5)30-3-7-9(23)12(26)14(28)17(32-7)34-18(4-21)15(29)10(24)6(2-20)33-18/h5-17,19-29H,1-4H2/t5-,6-,7-,8+,9-,10-,11+,12+,13-,14-,15+,16?,17?,18?/m1/s1. The third-order valence-electron chi connectivity index (χ3n) is 6.16. The smallest absolute Gasteiger partial charge is 0.224 e. The summed E-state index contributed by atoms with van der Waals surface area (Å²) in [6, 6.07) is 0. The van der Waals surface area contributed by atoms with Crippen molar-refractivity contribution in [2.75, 3.05) is 26.4 Å². The Hall–Kier alpha value is -0.640. The first-order valence-electron chi connectivity index (χ1n) is 10.6. The van der Waals surface area contributed by atoms with Crippen molar-refractivity contribution < 1.29 is 79.9 Å². The van der Waals surface area contributed by atoms with Gasteiger partial charge >= 0.3 is 0 Å². The van der Waals surface area contributed by atoms with E-state index in [1.165, 1.54) is 0 Å². The molecule has 3 fully saturated rings. The molecule has 0 bridgehead atoms. The van der Waals surface area contributed by atoms with E-state index >= 15 is 0 Å². The monoisotopic (exact) mass is 504 g/mol. The number of aliphatic hydroxyl groups excluding tert-OH is 11. The van der Waals surface area contributed by atoms with Crippen LogP contribution in [0, 0.1) is 0 Å². The van der Waals surface area contributed by atoms with E-state index in [4.69, 9.17) is 23.7 Å². The summed E-state index contributed by atoms with van der Waals surface area (Å²) in [5.41, 5.74) is 0. The molecule has 0 saturated carbocycles. The molecule has 0 spiro atoms. The summed E-state index contributed by atoms with van der Waals surface area (Å²) in [7, 11) is 0. The van der Waals surface area contributed by atoms with E-state index in [9.17, 15) is 56.2 Å². The van der Waals surface area contributed by atoms with E-state index in [-0.39, 0.29) is 0 Å². The fraction of sp³-hybridized carbons (Fsp3) is 1.00. The molecule has 3 unspecified atom stereocenters. The molecule has 16 nitrogen and oxygen atoms in total. The first kappa shape index (κ1) is 27.9. The first-order valence-corrected chi connectivity index (χ1v) is 10.6. The third kappa shape index (κ3) is 5.09. The van der Waals surface area contributed by atoms with E-state index in [1.54, 1.807) is 0 Å². The summed E-state index contributed by atoms with van der Waals surface area (Å²) < 4.78 is 26.4. The zero-order valence-electron chi connectivity index (χ0n) is 17.8. The van der Waals surface area contributed by atoms with Crippen molar-refractivity contribution in [2.24, 2.45) is 0 Å². The molecule has 3 aliphatic heterocycles. The average Bonchev–Trinajstić information content (AvgIpc) is 3.08. The van der Waals surface area contributed by atoms with Crippen LogP contribution >= 0.6 is 0 Å². The summed E-state index contributed by atoms with van der Waals surface area (Å²) in [6.45, 7) is -3.14. The van der Waals surface area contributed by atoms with E-state index < -0.39 is 112 Å².